The molecule has 1 atom stereocenters. The maximum atomic E-state index is 12.4. The number of carboxylic acids is 1. The zero-order valence-electron chi connectivity index (χ0n) is 11.9. The number of carboxylic acid groups (broad SMARTS) is 1. The number of carbonyl (C=O) groups excluding carboxylic acids is 2. The maximum Gasteiger partial charge on any atom is 0.321 e. The van der Waals surface area contributed by atoms with Crippen LogP contribution in [0.2, 0.25) is 0 Å². The first-order valence-corrected chi connectivity index (χ1v) is 6.35. The first-order chi connectivity index (χ1) is 9.20. The number of nitrogens with one attached hydrogen (secondary N) is 1. The molecule has 1 unspecified atom stereocenters. The van der Waals surface area contributed by atoms with Crippen molar-refractivity contribution in [2.45, 2.75) is 31.8 Å². The number of likely N-dealkylation sites (N-methyl/N-ethyl adjacent to an activating group) is 1. The molecule has 0 aromatic rings. The molecule has 0 aromatic carbocycles. The number of hydrogen-bond donors (Lipinski definition) is 3. The number of piperazine rings is 1. The van der Waals surface area contributed by atoms with Gasteiger partial charge in [0.1, 0.15) is 6.04 Å². The van der Waals surface area contributed by atoms with Crippen LogP contribution in [-0.2, 0) is 9.59 Å². The Balaban J connectivity index is 2.92. The second-order valence-corrected chi connectivity index (χ2v) is 5.41. The lowest BCUT2D eigenvalue weighted by Gasteiger charge is -2.41. The number of aliphatic carboxylic acids is 1. The van der Waals surface area contributed by atoms with Crippen molar-refractivity contribution in [3.05, 3.63) is 0 Å². The highest BCUT2D eigenvalue weighted by Crippen LogP contribution is 2.17. The standard InChI is InChI=1S/C12H21N3O5/c1-12(2,7-16)14(3)11(20)15-5-4-13-10(19)8(15)6-9(17)18/h8,16H,4-7H2,1-3H3,(H,13,19)(H,17,18). The predicted octanol–water partition coefficient (Wildman–Crippen LogP) is -0.916. The van der Waals surface area contributed by atoms with E-state index in [-0.39, 0.29) is 19.7 Å². The molecule has 1 aliphatic heterocycles. The zero-order valence-corrected chi connectivity index (χ0v) is 11.9. The highest BCUT2D eigenvalue weighted by molar-refractivity contribution is 5.91. The van der Waals surface area contributed by atoms with Gasteiger partial charge in [0.2, 0.25) is 5.91 Å². The number of amides is 3. The summed E-state index contributed by atoms with van der Waals surface area (Å²) in [5, 5.41) is 20.7. The average Bonchev–Trinajstić information content (AvgIpc) is 2.39. The van der Waals surface area contributed by atoms with E-state index in [1.807, 2.05) is 0 Å². The van der Waals surface area contributed by atoms with E-state index in [0.29, 0.717) is 0 Å². The summed E-state index contributed by atoms with van der Waals surface area (Å²) in [5.41, 5.74) is -0.793. The molecule has 0 radical (unpaired) electrons. The fraction of sp³-hybridized carbons (Fsp3) is 0.750. The lowest BCUT2D eigenvalue weighted by atomic mass is 10.0. The third-order valence-electron chi connectivity index (χ3n) is 3.53. The van der Waals surface area contributed by atoms with E-state index in [9.17, 15) is 19.5 Å². The van der Waals surface area contributed by atoms with Crippen LogP contribution in [0.3, 0.4) is 0 Å². The summed E-state index contributed by atoms with van der Waals surface area (Å²) in [5.74, 6) is -1.61. The number of aliphatic hydroxyl groups excluding tert-OH is 1. The van der Waals surface area contributed by atoms with E-state index < -0.39 is 35.9 Å². The monoisotopic (exact) mass is 287 g/mol. The number of nitrogens with zero attached hydrogens (tertiary/aromatic N) is 2. The van der Waals surface area contributed by atoms with Gasteiger partial charge in [0, 0.05) is 20.1 Å². The summed E-state index contributed by atoms with van der Waals surface area (Å²) in [4.78, 5) is 37.6. The van der Waals surface area contributed by atoms with Crippen molar-refractivity contribution in [2.75, 3.05) is 26.7 Å². The van der Waals surface area contributed by atoms with Gasteiger partial charge in [-0.3, -0.25) is 9.59 Å². The Morgan fingerprint density at radius 2 is 2.10 bits per heavy atom. The summed E-state index contributed by atoms with van der Waals surface area (Å²) in [6.45, 7) is 3.66. The molecule has 0 saturated carbocycles. The van der Waals surface area contributed by atoms with Crippen LogP contribution >= 0.6 is 0 Å². The van der Waals surface area contributed by atoms with Crippen LogP contribution in [0.4, 0.5) is 4.79 Å². The summed E-state index contributed by atoms with van der Waals surface area (Å²) in [6.07, 6.45) is -0.440. The van der Waals surface area contributed by atoms with Crippen molar-refractivity contribution < 1.29 is 24.6 Å². The van der Waals surface area contributed by atoms with E-state index in [0.717, 1.165) is 0 Å². The minimum atomic E-state index is -1.14. The van der Waals surface area contributed by atoms with Crippen molar-refractivity contribution in [3.8, 4) is 0 Å². The Bertz CT molecular complexity index is 410. The van der Waals surface area contributed by atoms with Gasteiger partial charge >= 0.3 is 12.0 Å². The molecule has 1 saturated heterocycles. The number of carbonyl (C=O) groups is 3. The van der Waals surface area contributed by atoms with Crippen molar-refractivity contribution in [1.29, 1.82) is 0 Å². The number of hydrogen-bond acceptors (Lipinski definition) is 4. The van der Waals surface area contributed by atoms with E-state index >= 15 is 0 Å². The van der Waals surface area contributed by atoms with Crippen LogP contribution in [0.5, 0.6) is 0 Å². The van der Waals surface area contributed by atoms with Crippen LogP contribution in [0.1, 0.15) is 20.3 Å². The minimum absolute atomic E-state index is 0.237. The van der Waals surface area contributed by atoms with Gasteiger partial charge < -0.3 is 25.3 Å². The Kier molecular flexibility index (Phi) is 4.93. The number of rotatable bonds is 4. The smallest absolute Gasteiger partial charge is 0.321 e. The van der Waals surface area contributed by atoms with Gasteiger partial charge in [0.05, 0.1) is 18.6 Å². The van der Waals surface area contributed by atoms with Crippen molar-refractivity contribution >= 4 is 17.9 Å². The Morgan fingerprint density at radius 3 is 2.60 bits per heavy atom. The predicted molar refractivity (Wildman–Crippen MR) is 70.1 cm³/mol. The van der Waals surface area contributed by atoms with Crippen LogP contribution in [0.15, 0.2) is 0 Å². The number of aliphatic hydroxyl groups is 1. The molecular weight excluding hydrogens is 266 g/mol. The maximum absolute atomic E-state index is 12.4. The summed E-state index contributed by atoms with van der Waals surface area (Å²) < 4.78 is 0. The zero-order chi connectivity index (χ0) is 15.5. The van der Waals surface area contributed by atoms with E-state index in [2.05, 4.69) is 5.32 Å². The number of urea groups is 1. The fourth-order valence-corrected chi connectivity index (χ4v) is 1.87. The molecule has 1 heterocycles. The highest BCUT2D eigenvalue weighted by Gasteiger charge is 2.38. The Labute approximate surface area is 117 Å². The quantitative estimate of drug-likeness (QED) is 0.619. The molecule has 3 amide bonds. The summed E-state index contributed by atoms with van der Waals surface area (Å²) in [7, 11) is 1.52. The molecule has 1 rings (SSSR count). The molecule has 3 N–H and O–H groups in total. The second kappa shape index (κ2) is 6.08. The highest BCUT2D eigenvalue weighted by atomic mass is 16.4. The normalized spacial score (nSPS) is 19.5. The minimum Gasteiger partial charge on any atom is -0.481 e. The molecule has 114 valence electrons. The largest absolute Gasteiger partial charge is 0.481 e. The molecule has 1 fully saturated rings. The summed E-state index contributed by atoms with van der Waals surface area (Å²) in [6, 6.07) is -1.49. The molecule has 0 spiro atoms. The molecule has 1 aliphatic rings. The van der Waals surface area contributed by atoms with Gasteiger partial charge in [-0.2, -0.15) is 0 Å². The van der Waals surface area contributed by atoms with Crippen molar-refractivity contribution in [1.82, 2.24) is 15.1 Å². The van der Waals surface area contributed by atoms with Gasteiger partial charge in [0.25, 0.3) is 0 Å². The van der Waals surface area contributed by atoms with Gasteiger partial charge in [-0.05, 0) is 13.8 Å². The van der Waals surface area contributed by atoms with Crippen LogP contribution < -0.4 is 5.32 Å². The third-order valence-corrected chi connectivity index (χ3v) is 3.53. The van der Waals surface area contributed by atoms with E-state index in [1.165, 1.54) is 16.8 Å². The van der Waals surface area contributed by atoms with Crippen LogP contribution in [0.25, 0.3) is 0 Å². The Hall–Kier alpha value is -1.83. The molecule has 20 heavy (non-hydrogen) atoms. The van der Waals surface area contributed by atoms with Gasteiger partial charge in [-0.15, -0.1) is 0 Å². The molecular formula is C12H21N3O5. The Morgan fingerprint density at radius 1 is 1.50 bits per heavy atom. The van der Waals surface area contributed by atoms with Gasteiger partial charge in [0.15, 0.2) is 0 Å². The topological polar surface area (TPSA) is 110 Å². The molecule has 8 nitrogen and oxygen atoms in total. The van der Waals surface area contributed by atoms with Gasteiger partial charge in [-0.1, -0.05) is 0 Å². The summed E-state index contributed by atoms with van der Waals surface area (Å²) >= 11 is 0. The van der Waals surface area contributed by atoms with Crippen LogP contribution in [-0.4, -0.2) is 76.2 Å². The molecule has 0 aliphatic carbocycles. The fourth-order valence-electron chi connectivity index (χ4n) is 1.87. The van der Waals surface area contributed by atoms with E-state index in [1.54, 1.807) is 13.8 Å². The van der Waals surface area contributed by atoms with Gasteiger partial charge in [-0.25, -0.2) is 4.79 Å². The molecule has 0 bridgehead atoms. The molecule has 0 aromatic heterocycles. The first kappa shape index (κ1) is 16.2. The lowest BCUT2D eigenvalue weighted by molar-refractivity contribution is -0.142. The first-order valence-electron chi connectivity index (χ1n) is 6.35. The average molecular weight is 287 g/mol. The van der Waals surface area contributed by atoms with Crippen molar-refractivity contribution in [3.63, 3.8) is 0 Å². The van der Waals surface area contributed by atoms with Crippen LogP contribution in [0, 0.1) is 0 Å². The lowest BCUT2D eigenvalue weighted by Crippen LogP contribution is -2.62. The van der Waals surface area contributed by atoms with E-state index in [4.69, 9.17) is 5.11 Å². The molecule has 8 heteroatoms. The van der Waals surface area contributed by atoms with Crippen molar-refractivity contribution in [2.24, 2.45) is 0 Å². The third kappa shape index (κ3) is 3.38. The second-order valence-electron chi connectivity index (χ2n) is 5.41. The SMILES string of the molecule is CN(C(=O)N1CCNC(=O)C1CC(=O)O)C(C)(C)CO.